The normalized spacial score (nSPS) is 20.8. The highest BCUT2D eigenvalue weighted by Crippen LogP contribution is 2.40. The maximum Gasteiger partial charge on any atom is 0.295 e. The summed E-state index contributed by atoms with van der Waals surface area (Å²) in [6, 6.07) is 13.5. The molecule has 1 amide bonds. The van der Waals surface area contributed by atoms with Crippen LogP contribution in [0.4, 0.5) is 5.69 Å². The second-order valence-corrected chi connectivity index (χ2v) is 8.02. The molecule has 2 heterocycles. The van der Waals surface area contributed by atoms with Crippen LogP contribution < -0.4 is 0 Å². The van der Waals surface area contributed by atoms with Crippen molar-refractivity contribution in [3.8, 4) is 0 Å². The largest absolute Gasteiger partial charge is 0.507 e. The van der Waals surface area contributed by atoms with Crippen LogP contribution in [0.15, 0.2) is 60.2 Å². The molecule has 1 N–H and O–H groups in total. The molecule has 0 aliphatic carbocycles. The second kappa shape index (κ2) is 9.93. The van der Waals surface area contributed by atoms with Crippen LogP contribution in [0.2, 0.25) is 0 Å². The number of aliphatic hydroxyl groups is 1. The van der Waals surface area contributed by atoms with Gasteiger partial charge in [-0.3, -0.25) is 24.6 Å². The maximum atomic E-state index is 13.0. The van der Waals surface area contributed by atoms with Crippen LogP contribution in [0.3, 0.4) is 0 Å². The number of Topliss-reactive ketones (excluding diaryl/α,β-unsaturated/α-hetero) is 1. The number of non-ortho nitro benzene ring substituents is 1. The molecule has 0 aromatic heterocycles. The molecular weight excluding hydrogens is 426 g/mol. The lowest BCUT2D eigenvalue weighted by molar-refractivity contribution is -0.384. The summed E-state index contributed by atoms with van der Waals surface area (Å²) in [5.41, 5.74) is 0.607. The van der Waals surface area contributed by atoms with E-state index < -0.39 is 22.7 Å². The zero-order valence-electron chi connectivity index (χ0n) is 18.1. The number of nitro benzene ring substituents is 1. The highest BCUT2D eigenvalue weighted by molar-refractivity contribution is 6.46. The number of ketones is 1. The monoisotopic (exact) mass is 451 g/mol. The van der Waals surface area contributed by atoms with E-state index in [9.17, 15) is 24.8 Å². The zero-order chi connectivity index (χ0) is 23.4. The molecule has 2 aromatic carbocycles. The Morgan fingerprint density at radius 2 is 1.79 bits per heavy atom. The Morgan fingerprint density at radius 3 is 2.48 bits per heavy atom. The first-order valence-electron chi connectivity index (χ1n) is 10.9. The van der Waals surface area contributed by atoms with Gasteiger partial charge >= 0.3 is 0 Å². The number of likely N-dealkylation sites (tertiary alicyclic amines) is 1. The van der Waals surface area contributed by atoms with E-state index in [1.165, 1.54) is 23.1 Å². The molecule has 2 aliphatic rings. The van der Waals surface area contributed by atoms with Gasteiger partial charge < -0.3 is 14.7 Å². The molecule has 0 spiro atoms. The van der Waals surface area contributed by atoms with E-state index in [0.717, 1.165) is 19.6 Å². The standard InChI is InChI=1S/C24H25N3O6/c28-22(17-6-2-1-3-7-17)20-21(18-8-4-9-19(16-18)27(31)32)26(24(30)23(20)29)11-5-10-25-12-14-33-15-13-25/h1-4,6-9,16,21,28H,5,10-15H2/t21-/m0/s1. The van der Waals surface area contributed by atoms with E-state index in [1.54, 1.807) is 36.4 Å². The number of hydrogen-bond donors (Lipinski definition) is 1. The van der Waals surface area contributed by atoms with Gasteiger partial charge in [0.1, 0.15) is 5.76 Å². The summed E-state index contributed by atoms with van der Waals surface area (Å²) in [5, 5.41) is 22.3. The van der Waals surface area contributed by atoms with Gasteiger partial charge in [0.25, 0.3) is 17.4 Å². The summed E-state index contributed by atoms with van der Waals surface area (Å²) in [5.74, 6) is -1.80. The van der Waals surface area contributed by atoms with Crippen LogP contribution in [0.25, 0.3) is 5.76 Å². The van der Waals surface area contributed by atoms with Gasteiger partial charge in [0, 0.05) is 43.9 Å². The Kier molecular flexibility index (Phi) is 6.81. The number of morpholine rings is 1. The average Bonchev–Trinajstić information content (AvgIpc) is 3.10. The topological polar surface area (TPSA) is 113 Å². The van der Waals surface area contributed by atoms with Crippen molar-refractivity contribution in [3.63, 3.8) is 0 Å². The number of nitrogens with zero attached hydrogens (tertiary/aromatic N) is 3. The smallest absolute Gasteiger partial charge is 0.295 e. The maximum absolute atomic E-state index is 13.0. The highest BCUT2D eigenvalue weighted by atomic mass is 16.6. The first kappa shape index (κ1) is 22.6. The molecular formula is C24H25N3O6. The number of ether oxygens (including phenoxy) is 1. The van der Waals surface area contributed by atoms with Gasteiger partial charge in [-0.15, -0.1) is 0 Å². The van der Waals surface area contributed by atoms with E-state index in [4.69, 9.17) is 4.74 Å². The van der Waals surface area contributed by atoms with Crippen molar-refractivity contribution < 1.29 is 24.4 Å². The van der Waals surface area contributed by atoms with Crippen LogP contribution in [0.5, 0.6) is 0 Å². The SMILES string of the molecule is O=C1C(=O)N(CCCN2CCOCC2)[C@@H](c2cccc([N+](=O)[O-])c2)C1=C(O)c1ccccc1. The Balaban J connectivity index is 1.70. The van der Waals surface area contributed by atoms with Crippen molar-refractivity contribution in [1.82, 2.24) is 9.80 Å². The first-order valence-corrected chi connectivity index (χ1v) is 10.9. The minimum absolute atomic E-state index is 0.0573. The van der Waals surface area contributed by atoms with E-state index in [2.05, 4.69) is 4.90 Å². The van der Waals surface area contributed by atoms with Gasteiger partial charge in [0.15, 0.2) is 0 Å². The Bertz CT molecular complexity index is 1080. The van der Waals surface area contributed by atoms with Crippen molar-refractivity contribution >= 4 is 23.1 Å². The van der Waals surface area contributed by atoms with Crippen LogP contribution in [0.1, 0.15) is 23.6 Å². The molecule has 0 unspecified atom stereocenters. The van der Waals surface area contributed by atoms with Crippen LogP contribution in [-0.2, 0) is 14.3 Å². The number of aliphatic hydroxyl groups excluding tert-OH is 1. The van der Waals surface area contributed by atoms with E-state index in [-0.39, 0.29) is 23.6 Å². The van der Waals surface area contributed by atoms with Gasteiger partial charge in [-0.1, -0.05) is 42.5 Å². The number of rotatable bonds is 7. The van der Waals surface area contributed by atoms with Crippen molar-refractivity contribution in [2.24, 2.45) is 0 Å². The summed E-state index contributed by atoms with van der Waals surface area (Å²) >= 11 is 0. The summed E-state index contributed by atoms with van der Waals surface area (Å²) < 4.78 is 5.36. The number of benzene rings is 2. The third kappa shape index (κ3) is 4.79. The molecule has 1 atom stereocenters. The molecule has 9 heteroatoms. The summed E-state index contributed by atoms with van der Waals surface area (Å²) in [6.45, 7) is 3.94. The number of amides is 1. The Labute approximate surface area is 191 Å². The molecule has 0 bridgehead atoms. The van der Waals surface area contributed by atoms with Crippen LogP contribution in [0, 0.1) is 10.1 Å². The van der Waals surface area contributed by atoms with Gasteiger partial charge in [-0.25, -0.2) is 0 Å². The van der Waals surface area contributed by atoms with Crippen molar-refractivity contribution in [2.45, 2.75) is 12.5 Å². The molecule has 172 valence electrons. The summed E-state index contributed by atoms with van der Waals surface area (Å²) in [6.07, 6.45) is 0.615. The molecule has 2 fully saturated rings. The summed E-state index contributed by atoms with van der Waals surface area (Å²) in [4.78, 5) is 40.5. The van der Waals surface area contributed by atoms with Crippen LogP contribution >= 0.6 is 0 Å². The highest BCUT2D eigenvalue weighted by Gasteiger charge is 2.46. The van der Waals surface area contributed by atoms with Gasteiger partial charge in [0.05, 0.1) is 29.8 Å². The quantitative estimate of drug-likeness (QED) is 0.226. The minimum Gasteiger partial charge on any atom is -0.507 e. The van der Waals surface area contributed by atoms with Crippen molar-refractivity contribution in [1.29, 1.82) is 0 Å². The van der Waals surface area contributed by atoms with Crippen LogP contribution in [-0.4, -0.2) is 70.9 Å². The fourth-order valence-corrected chi connectivity index (χ4v) is 4.31. The fraction of sp³-hybridized carbons (Fsp3) is 0.333. The fourth-order valence-electron chi connectivity index (χ4n) is 4.31. The number of nitro groups is 1. The number of carbonyl (C=O) groups is 2. The minimum atomic E-state index is -0.908. The van der Waals surface area contributed by atoms with E-state index >= 15 is 0 Å². The third-order valence-corrected chi connectivity index (χ3v) is 5.96. The molecule has 2 aliphatic heterocycles. The molecule has 9 nitrogen and oxygen atoms in total. The van der Waals surface area contributed by atoms with E-state index in [1.807, 2.05) is 0 Å². The molecule has 33 heavy (non-hydrogen) atoms. The third-order valence-electron chi connectivity index (χ3n) is 5.96. The predicted octanol–water partition coefficient (Wildman–Crippen LogP) is 2.74. The predicted molar refractivity (Wildman–Crippen MR) is 120 cm³/mol. The second-order valence-electron chi connectivity index (χ2n) is 8.02. The number of carbonyl (C=O) groups excluding carboxylic acids is 2. The number of hydrogen-bond acceptors (Lipinski definition) is 7. The molecule has 0 radical (unpaired) electrons. The summed E-state index contributed by atoms with van der Waals surface area (Å²) in [7, 11) is 0. The molecule has 2 saturated heterocycles. The lowest BCUT2D eigenvalue weighted by Crippen LogP contribution is -2.39. The van der Waals surface area contributed by atoms with Gasteiger partial charge in [-0.2, -0.15) is 0 Å². The lowest BCUT2D eigenvalue weighted by Gasteiger charge is -2.29. The molecule has 0 saturated carbocycles. The lowest BCUT2D eigenvalue weighted by atomic mass is 9.95. The molecule has 4 rings (SSSR count). The van der Waals surface area contributed by atoms with Gasteiger partial charge in [0.2, 0.25) is 0 Å². The zero-order valence-corrected chi connectivity index (χ0v) is 18.1. The average molecular weight is 451 g/mol. The van der Waals surface area contributed by atoms with Gasteiger partial charge in [-0.05, 0) is 12.0 Å². The van der Waals surface area contributed by atoms with Crippen molar-refractivity contribution in [3.05, 3.63) is 81.4 Å². The Hall–Kier alpha value is -3.56. The Morgan fingerprint density at radius 1 is 1.06 bits per heavy atom. The van der Waals surface area contributed by atoms with E-state index in [0.29, 0.717) is 30.8 Å². The van der Waals surface area contributed by atoms with Crippen molar-refractivity contribution in [2.75, 3.05) is 39.4 Å². The first-order chi connectivity index (χ1) is 16.0. The molecule has 2 aromatic rings.